The van der Waals surface area contributed by atoms with E-state index in [1.54, 1.807) is 11.0 Å². The maximum absolute atomic E-state index is 15.7. The molecule has 0 spiro atoms. The molecule has 0 amide bonds. The lowest BCUT2D eigenvalue weighted by molar-refractivity contribution is -0.138. The summed E-state index contributed by atoms with van der Waals surface area (Å²) in [6, 6.07) is 4.25. The van der Waals surface area contributed by atoms with Crippen LogP contribution in [0.15, 0.2) is 29.4 Å². The van der Waals surface area contributed by atoms with Crippen LogP contribution >= 0.6 is 23.4 Å². The maximum Gasteiger partial charge on any atom is 0.417 e. The largest absolute Gasteiger partial charge is 0.481 e. The number of likely N-dealkylation sites (tertiary alicyclic amines) is 1. The summed E-state index contributed by atoms with van der Waals surface area (Å²) >= 11 is 7.29. The summed E-state index contributed by atoms with van der Waals surface area (Å²) in [5.74, 6) is -1.37. The smallest absolute Gasteiger partial charge is 0.417 e. The van der Waals surface area contributed by atoms with Crippen molar-refractivity contribution in [2.24, 2.45) is 0 Å². The number of halogens is 5. The number of benzene rings is 1. The summed E-state index contributed by atoms with van der Waals surface area (Å²) < 4.78 is 56.8. The molecule has 15 heteroatoms. The molecule has 1 aromatic carbocycles. The molecule has 5 rings (SSSR count). The number of alkyl halides is 3. The van der Waals surface area contributed by atoms with E-state index in [0.717, 1.165) is 36.8 Å². The van der Waals surface area contributed by atoms with Crippen molar-refractivity contribution in [3.8, 4) is 0 Å². The van der Waals surface area contributed by atoms with Gasteiger partial charge in [0.2, 0.25) is 5.82 Å². The second kappa shape index (κ2) is 13.4. The molecule has 43 heavy (non-hydrogen) atoms. The minimum Gasteiger partial charge on any atom is -0.481 e. The highest BCUT2D eigenvalue weighted by Gasteiger charge is 2.36. The molecule has 1 aromatic heterocycles. The number of hydrogen-bond donors (Lipinski definition) is 3. The average Bonchev–Trinajstić information content (AvgIpc) is 3.59. The van der Waals surface area contributed by atoms with Gasteiger partial charge in [0.1, 0.15) is 6.33 Å². The summed E-state index contributed by atoms with van der Waals surface area (Å²) in [4.78, 5) is 26.2. The number of nitrogens with zero attached hydrogens (tertiary/aromatic N) is 5. The number of carboxylic acids is 1. The third-order valence-corrected chi connectivity index (χ3v) is 9.46. The van der Waals surface area contributed by atoms with Gasteiger partial charge in [0.05, 0.1) is 22.7 Å². The van der Waals surface area contributed by atoms with Gasteiger partial charge >= 0.3 is 12.1 Å². The number of piperazine rings is 1. The Hall–Kier alpha value is -2.81. The maximum atomic E-state index is 15.7. The van der Waals surface area contributed by atoms with E-state index in [9.17, 15) is 18.0 Å². The van der Waals surface area contributed by atoms with Gasteiger partial charge in [0.15, 0.2) is 17.1 Å². The Morgan fingerprint density at radius 3 is 2.67 bits per heavy atom. The van der Waals surface area contributed by atoms with Crippen molar-refractivity contribution in [1.82, 2.24) is 25.1 Å². The molecule has 234 valence electrons. The van der Waals surface area contributed by atoms with Crippen molar-refractivity contribution in [2.75, 3.05) is 56.0 Å². The predicted molar refractivity (Wildman–Crippen MR) is 159 cm³/mol. The standard InChI is InChI=1S/C28H34ClF4N7O2S/c1-2-18-4-3-8-40(18)15-21-24(17-5-6-20(29)19(14-17)28(31,32)33)36-27(43-21)37-25-23(30)26(35-16-34-25)39-12-10-38(11-13-39)9-7-22(41)42/h5-6,14,16,18,27,36H,2-4,7-13,15H2,1H3,(H,41,42)(H,34,35,37)/t18-,27?/m1/s1. The van der Waals surface area contributed by atoms with Crippen LogP contribution in [0.1, 0.15) is 43.7 Å². The molecule has 4 heterocycles. The highest BCUT2D eigenvalue weighted by Crippen LogP contribution is 2.41. The minimum atomic E-state index is -4.61. The number of aromatic nitrogens is 2. The van der Waals surface area contributed by atoms with E-state index in [1.165, 1.54) is 24.2 Å². The molecule has 0 radical (unpaired) electrons. The summed E-state index contributed by atoms with van der Waals surface area (Å²) in [5, 5.41) is 14.9. The van der Waals surface area contributed by atoms with E-state index in [1.807, 2.05) is 4.90 Å². The highest BCUT2D eigenvalue weighted by atomic mass is 35.5. The zero-order valence-electron chi connectivity index (χ0n) is 23.6. The lowest BCUT2D eigenvalue weighted by atomic mass is 10.1. The third kappa shape index (κ3) is 7.47. The monoisotopic (exact) mass is 643 g/mol. The number of aliphatic carboxylic acids is 1. The second-order valence-corrected chi connectivity index (χ2v) is 12.4. The van der Waals surface area contributed by atoms with Gasteiger partial charge in [-0.3, -0.25) is 14.6 Å². The van der Waals surface area contributed by atoms with Gasteiger partial charge in [-0.2, -0.15) is 17.6 Å². The zero-order chi connectivity index (χ0) is 30.7. The van der Waals surface area contributed by atoms with Crippen LogP contribution in [-0.2, 0) is 11.0 Å². The molecule has 0 aliphatic carbocycles. The number of carbonyl (C=O) groups is 1. The van der Waals surface area contributed by atoms with Gasteiger partial charge in [-0.05, 0) is 43.5 Å². The van der Waals surface area contributed by atoms with Crippen LogP contribution < -0.4 is 15.5 Å². The normalized spacial score (nSPS) is 21.9. The van der Waals surface area contributed by atoms with Crippen LogP contribution in [-0.4, -0.2) is 88.2 Å². The van der Waals surface area contributed by atoms with Crippen LogP contribution in [0.2, 0.25) is 5.02 Å². The molecule has 2 fully saturated rings. The van der Waals surface area contributed by atoms with Crippen LogP contribution in [0.3, 0.4) is 0 Å². The van der Waals surface area contributed by atoms with Crippen LogP contribution in [0.25, 0.3) is 5.70 Å². The number of anilines is 2. The average molecular weight is 644 g/mol. The summed E-state index contributed by atoms with van der Waals surface area (Å²) in [6.45, 7) is 6.12. The number of nitrogens with one attached hydrogen (secondary N) is 2. The molecule has 0 bridgehead atoms. The quantitative estimate of drug-likeness (QED) is 0.301. The number of hydrogen-bond acceptors (Lipinski definition) is 9. The highest BCUT2D eigenvalue weighted by molar-refractivity contribution is 8.04. The number of carboxylic acid groups (broad SMARTS) is 1. The fraction of sp³-hybridized carbons (Fsp3) is 0.536. The van der Waals surface area contributed by atoms with Gasteiger partial charge in [-0.1, -0.05) is 36.4 Å². The molecule has 2 atom stereocenters. The Morgan fingerprint density at radius 2 is 1.98 bits per heavy atom. The van der Waals surface area contributed by atoms with Crippen molar-refractivity contribution >= 4 is 46.7 Å². The molecule has 2 aromatic rings. The van der Waals surface area contributed by atoms with Crippen LogP contribution in [0.5, 0.6) is 0 Å². The fourth-order valence-corrected chi connectivity index (χ4v) is 7.15. The third-order valence-electron chi connectivity index (χ3n) is 8.04. The van der Waals surface area contributed by atoms with Crippen molar-refractivity contribution < 1.29 is 27.5 Å². The van der Waals surface area contributed by atoms with Crippen molar-refractivity contribution in [3.05, 3.63) is 51.4 Å². The van der Waals surface area contributed by atoms with Gasteiger partial charge in [0, 0.05) is 50.2 Å². The molecular weight excluding hydrogens is 610 g/mol. The van der Waals surface area contributed by atoms with Crippen molar-refractivity contribution in [2.45, 2.75) is 50.3 Å². The molecular formula is C28H34ClF4N7O2S. The van der Waals surface area contributed by atoms with E-state index in [4.69, 9.17) is 16.7 Å². The molecule has 0 saturated carbocycles. The summed E-state index contributed by atoms with van der Waals surface area (Å²) in [6.07, 6.45) is -0.183. The van der Waals surface area contributed by atoms with Gasteiger partial charge in [0.25, 0.3) is 0 Å². The molecule has 9 nitrogen and oxygen atoms in total. The topological polar surface area (TPSA) is 96.9 Å². The summed E-state index contributed by atoms with van der Waals surface area (Å²) in [7, 11) is 0. The van der Waals surface area contributed by atoms with Crippen LogP contribution in [0.4, 0.5) is 29.2 Å². The van der Waals surface area contributed by atoms with Gasteiger partial charge in [-0.15, -0.1) is 0 Å². The number of thioether (sulfide) groups is 1. The van der Waals surface area contributed by atoms with Crippen molar-refractivity contribution in [1.29, 1.82) is 0 Å². The van der Waals surface area contributed by atoms with Gasteiger partial charge in [-0.25, -0.2) is 9.97 Å². The Morgan fingerprint density at radius 1 is 1.21 bits per heavy atom. The Balaban J connectivity index is 1.34. The van der Waals surface area contributed by atoms with E-state index in [-0.39, 0.29) is 23.1 Å². The lowest BCUT2D eigenvalue weighted by Gasteiger charge is -2.35. The molecule has 2 saturated heterocycles. The molecule has 1 unspecified atom stereocenters. The Labute approximate surface area is 256 Å². The van der Waals surface area contributed by atoms with E-state index in [2.05, 4.69) is 32.4 Å². The summed E-state index contributed by atoms with van der Waals surface area (Å²) in [5.41, 5.74) is -0.620. The van der Waals surface area contributed by atoms with Crippen LogP contribution in [0, 0.1) is 5.82 Å². The first-order valence-corrected chi connectivity index (χ1v) is 15.5. The lowest BCUT2D eigenvalue weighted by Crippen LogP contribution is -2.47. The first-order valence-electron chi connectivity index (χ1n) is 14.3. The predicted octanol–water partition coefficient (Wildman–Crippen LogP) is 5.16. The van der Waals surface area contributed by atoms with E-state index in [0.29, 0.717) is 56.6 Å². The SMILES string of the molecule is CC[C@@H]1CCCN1CC1=C(c2ccc(Cl)c(C(F)(F)F)c2)NC(Nc2ncnc(N3CCN(CCC(=O)O)CC3)c2F)S1. The first kappa shape index (κ1) is 31.6. The Kier molecular flexibility index (Phi) is 9.89. The second-order valence-electron chi connectivity index (χ2n) is 10.8. The van der Waals surface area contributed by atoms with E-state index < -0.39 is 29.0 Å². The van der Waals surface area contributed by atoms with Gasteiger partial charge < -0.3 is 20.6 Å². The molecule has 3 aliphatic heterocycles. The fourth-order valence-electron chi connectivity index (χ4n) is 5.76. The first-order chi connectivity index (χ1) is 20.5. The molecule has 3 N–H and O–H groups in total. The molecule has 3 aliphatic rings. The van der Waals surface area contributed by atoms with Crippen molar-refractivity contribution in [3.63, 3.8) is 0 Å². The Bertz CT molecular complexity index is 1360. The zero-order valence-corrected chi connectivity index (χ0v) is 25.2. The minimum absolute atomic E-state index is 0.0244. The number of rotatable bonds is 10. The van der Waals surface area contributed by atoms with E-state index >= 15 is 4.39 Å².